The van der Waals surface area contributed by atoms with Crippen molar-refractivity contribution in [2.45, 2.75) is 121 Å². The highest BCUT2D eigenvalue weighted by Gasteiger charge is 2.50. The highest BCUT2D eigenvalue weighted by Crippen LogP contribution is 2.53. The number of ketones is 2. The zero-order valence-corrected chi connectivity index (χ0v) is 35.2. The van der Waals surface area contributed by atoms with Crippen molar-refractivity contribution in [2.24, 2.45) is 11.3 Å². The van der Waals surface area contributed by atoms with Crippen LogP contribution in [0.4, 0.5) is 0 Å². The quantitative estimate of drug-likeness (QED) is 0.0609. The third kappa shape index (κ3) is 8.26. The number of carbonyl (C=O) groups is 6. The van der Waals surface area contributed by atoms with Gasteiger partial charge in [0.05, 0.1) is 46.8 Å². The lowest BCUT2D eigenvalue weighted by Crippen LogP contribution is -2.49. The number of nitrogens with zero attached hydrogens (tertiary/aromatic N) is 1. The molecule has 0 bridgehead atoms. The summed E-state index contributed by atoms with van der Waals surface area (Å²) in [5, 5.41) is 56.9. The van der Waals surface area contributed by atoms with E-state index in [0.29, 0.717) is 17.9 Å². The second-order valence-corrected chi connectivity index (χ2v) is 17.3. The summed E-state index contributed by atoms with van der Waals surface area (Å²) in [5.74, 6) is -5.63. The molecule has 18 heteroatoms. The molecule has 2 aromatic carbocycles. The van der Waals surface area contributed by atoms with E-state index >= 15 is 0 Å². The van der Waals surface area contributed by atoms with E-state index in [2.05, 4.69) is 0 Å². The van der Waals surface area contributed by atoms with E-state index in [1.165, 1.54) is 13.2 Å². The number of aliphatic hydroxyl groups is 3. The molecule has 0 aromatic heterocycles. The van der Waals surface area contributed by atoms with Gasteiger partial charge >= 0.3 is 11.9 Å². The number of hydrogen-bond donors (Lipinski definition) is 5. The minimum absolute atomic E-state index is 0.00196. The molecule has 7 rings (SSSR count). The maximum atomic E-state index is 13.9. The van der Waals surface area contributed by atoms with Crippen LogP contribution in [0.3, 0.4) is 0 Å². The van der Waals surface area contributed by atoms with E-state index in [4.69, 9.17) is 36.0 Å². The Labute approximate surface area is 361 Å². The molecule has 3 aliphatic carbocycles. The van der Waals surface area contributed by atoms with Crippen LogP contribution in [0, 0.1) is 11.3 Å². The van der Waals surface area contributed by atoms with Gasteiger partial charge in [0.1, 0.15) is 35.6 Å². The van der Waals surface area contributed by atoms with E-state index in [9.17, 15) is 54.3 Å². The number of carbonyl (C=O) groups excluding carboxylic acids is 6. The van der Waals surface area contributed by atoms with Crippen LogP contribution in [0.2, 0.25) is 0 Å². The number of methoxy groups -OCH3 is 1. The molecule has 0 saturated carbocycles. The van der Waals surface area contributed by atoms with E-state index in [0.717, 1.165) is 0 Å². The first-order valence-electron chi connectivity index (χ1n) is 20.6. The highest BCUT2D eigenvalue weighted by atomic mass is 32.1. The Morgan fingerprint density at radius 1 is 1.03 bits per heavy atom. The molecule has 2 unspecified atom stereocenters. The van der Waals surface area contributed by atoms with Gasteiger partial charge in [0.15, 0.2) is 17.9 Å². The summed E-state index contributed by atoms with van der Waals surface area (Å²) < 4.78 is 23.6. The van der Waals surface area contributed by atoms with Gasteiger partial charge in [0, 0.05) is 60.8 Å². The van der Waals surface area contributed by atoms with Crippen LogP contribution >= 0.6 is 12.2 Å². The molecule has 5 N–H and O–H groups in total. The van der Waals surface area contributed by atoms with E-state index in [1.54, 1.807) is 38.1 Å². The number of allylic oxidation sites excluding steroid dienone is 1. The number of Topliss-reactive ketones (excluding diaryl/α,β-unsaturated/α-hetero) is 1. The average Bonchev–Trinajstić information content (AvgIpc) is 3.55. The van der Waals surface area contributed by atoms with Crippen LogP contribution < -0.4 is 4.74 Å². The molecule has 5 aliphatic rings. The summed E-state index contributed by atoms with van der Waals surface area (Å²) in [6.07, 6.45) is -1.43. The predicted octanol–water partition coefficient (Wildman–Crippen LogP) is 3.26. The fourth-order valence-electron chi connectivity index (χ4n) is 9.12. The number of benzene rings is 2. The Morgan fingerprint density at radius 2 is 1.76 bits per heavy atom. The van der Waals surface area contributed by atoms with Crippen LogP contribution in [0.25, 0.3) is 0 Å². The molecule has 332 valence electrons. The van der Waals surface area contributed by atoms with Gasteiger partial charge in [-0.25, -0.2) is 4.79 Å². The number of hydrogen-bond acceptors (Lipinski definition) is 17. The standard InChI is InChI=1S/C44H49NO16S/c1-21-37(51)22(10-13-31(50)59-23-7-4-5-15-43(2,16-14-23)42(55)61-45-29(48)11-12-30(45)49)17-32(58-21)60-27-19-44(56,28(47)20-46)18-25-33(27)40(54)36-35(39(25)53)38(52)24-8-6-9-26(57-3)34(24)41(36)62/h4,6-9,21-23,27,32,37,46,51,53-54,56H,5,10-20H2,1-3H3/t21?,22?,23-,27+,32+,37-,43+,44+/m1/s1. The Balaban J connectivity index is 1.06. The molecule has 2 amide bonds. The Bertz CT molecular complexity index is 2240. The van der Waals surface area contributed by atoms with Crippen LogP contribution in [-0.4, -0.2) is 115 Å². The first-order valence-corrected chi connectivity index (χ1v) is 21.0. The fraction of sp³-hybridized carbons (Fsp3) is 0.523. The van der Waals surface area contributed by atoms with E-state index < -0.39 is 114 Å². The summed E-state index contributed by atoms with van der Waals surface area (Å²) in [6, 6.07) is 4.66. The molecule has 0 spiro atoms. The second kappa shape index (κ2) is 17.6. The first-order chi connectivity index (χ1) is 29.4. The number of thiocarbonyl (C=S) groups is 1. The number of rotatable bonds is 11. The number of aliphatic hydroxyl groups excluding tert-OH is 2. The van der Waals surface area contributed by atoms with Crippen LogP contribution in [-0.2, 0) is 49.4 Å². The van der Waals surface area contributed by atoms with Crippen molar-refractivity contribution in [2.75, 3.05) is 13.7 Å². The zero-order valence-electron chi connectivity index (χ0n) is 34.4. The summed E-state index contributed by atoms with van der Waals surface area (Å²) in [6.45, 7) is 2.21. The first kappa shape index (κ1) is 44.9. The molecule has 17 nitrogen and oxygen atoms in total. The van der Waals surface area contributed by atoms with Gasteiger partial charge in [-0.15, -0.1) is 5.06 Å². The molecule has 2 aliphatic heterocycles. The molecule has 2 fully saturated rings. The SMILES string of the molecule is COc1cccc2c1C(=S)c1c(O)c3c(c(O)c1C2=O)C[C@@](O)(C(=O)CO)C[C@@H]3O[C@H]1CC(CCC(=O)O[C@@H]2C=CCC[C@](C)(C(=O)ON3C(=O)CCC3=O)CC2)[C@H](O)C(C)O1. The van der Waals surface area contributed by atoms with Crippen molar-refractivity contribution in [1.82, 2.24) is 5.06 Å². The van der Waals surface area contributed by atoms with Crippen LogP contribution in [0.15, 0.2) is 30.4 Å². The number of phenols is 2. The number of fused-ring (bicyclic) bond motifs is 3. The average molecular weight is 880 g/mol. The molecule has 0 radical (unpaired) electrons. The fourth-order valence-corrected chi connectivity index (χ4v) is 9.52. The largest absolute Gasteiger partial charge is 0.507 e. The van der Waals surface area contributed by atoms with Gasteiger partial charge in [0.25, 0.3) is 11.8 Å². The monoisotopic (exact) mass is 879 g/mol. The molecule has 62 heavy (non-hydrogen) atoms. The summed E-state index contributed by atoms with van der Waals surface area (Å²) in [7, 11) is 1.39. The van der Waals surface area contributed by atoms with Gasteiger partial charge in [-0.1, -0.05) is 30.4 Å². The van der Waals surface area contributed by atoms with Crippen molar-refractivity contribution < 1.29 is 78.1 Å². The number of ether oxygens (including phenoxy) is 4. The maximum Gasteiger partial charge on any atom is 0.339 e. The number of hydroxylamine groups is 2. The molecular formula is C44H49NO16S. The van der Waals surface area contributed by atoms with Gasteiger partial charge < -0.3 is 49.3 Å². The van der Waals surface area contributed by atoms with Crippen molar-refractivity contribution in [3.8, 4) is 17.2 Å². The molecule has 8 atom stereocenters. The number of esters is 1. The molecule has 2 saturated heterocycles. The number of aromatic hydroxyl groups is 2. The lowest BCUT2D eigenvalue weighted by atomic mass is 9.72. The van der Waals surface area contributed by atoms with Gasteiger partial charge in [0.2, 0.25) is 0 Å². The molecule has 2 aromatic rings. The van der Waals surface area contributed by atoms with Crippen molar-refractivity contribution >= 4 is 52.4 Å². The number of imide groups is 1. The Hall–Kier alpha value is -5.11. The lowest BCUT2D eigenvalue weighted by Gasteiger charge is -2.43. The third-order valence-electron chi connectivity index (χ3n) is 12.7. The predicted molar refractivity (Wildman–Crippen MR) is 217 cm³/mol. The Morgan fingerprint density at radius 3 is 2.45 bits per heavy atom. The maximum absolute atomic E-state index is 13.9. The third-order valence-corrected chi connectivity index (χ3v) is 13.2. The summed E-state index contributed by atoms with van der Waals surface area (Å²) in [4.78, 5) is 82.6. The highest BCUT2D eigenvalue weighted by molar-refractivity contribution is 7.81. The van der Waals surface area contributed by atoms with Gasteiger partial charge in [-0.3, -0.25) is 24.0 Å². The van der Waals surface area contributed by atoms with Crippen LogP contribution in [0.1, 0.15) is 122 Å². The topological polar surface area (TPSA) is 253 Å². The van der Waals surface area contributed by atoms with Crippen molar-refractivity contribution in [1.29, 1.82) is 0 Å². The van der Waals surface area contributed by atoms with Crippen LogP contribution in [0.5, 0.6) is 17.2 Å². The normalized spacial score (nSPS) is 29.5. The van der Waals surface area contributed by atoms with Gasteiger partial charge in [-0.2, -0.15) is 0 Å². The number of phenolic OH excluding ortho intramolecular Hbond substituents is 2. The van der Waals surface area contributed by atoms with E-state index in [-0.39, 0.29) is 88.9 Å². The smallest absolute Gasteiger partial charge is 0.339 e. The summed E-state index contributed by atoms with van der Waals surface area (Å²) in [5.41, 5.74) is -3.73. The zero-order chi connectivity index (χ0) is 44.8. The lowest BCUT2D eigenvalue weighted by molar-refractivity contribution is -0.257. The van der Waals surface area contributed by atoms with Gasteiger partial charge in [-0.05, 0) is 64.0 Å². The molecular weight excluding hydrogens is 831 g/mol. The Kier molecular flexibility index (Phi) is 12.7. The van der Waals surface area contributed by atoms with Crippen molar-refractivity contribution in [3.05, 3.63) is 63.7 Å². The van der Waals surface area contributed by atoms with Crippen molar-refractivity contribution in [3.63, 3.8) is 0 Å². The summed E-state index contributed by atoms with van der Waals surface area (Å²) >= 11 is 5.77. The van der Waals surface area contributed by atoms with E-state index in [1.807, 2.05) is 0 Å². The molecule has 2 heterocycles. The minimum atomic E-state index is -2.30. The minimum Gasteiger partial charge on any atom is -0.507 e. The number of amides is 2. The second-order valence-electron chi connectivity index (χ2n) is 16.8.